The van der Waals surface area contributed by atoms with E-state index in [9.17, 15) is 9.59 Å². The molecule has 3 N–H and O–H groups in total. The Morgan fingerprint density at radius 1 is 1.00 bits per heavy atom. The maximum atomic E-state index is 12.5. The Balaban J connectivity index is 1.68. The smallest absolute Gasteiger partial charge is 0.233 e. The fourth-order valence-corrected chi connectivity index (χ4v) is 2.86. The second-order valence-corrected chi connectivity index (χ2v) is 5.75. The molecule has 1 atom stereocenters. The van der Waals surface area contributed by atoms with E-state index in [1.807, 2.05) is 54.6 Å². The van der Waals surface area contributed by atoms with Crippen molar-refractivity contribution < 1.29 is 9.59 Å². The molecule has 0 saturated carbocycles. The van der Waals surface area contributed by atoms with Gasteiger partial charge >= 0.3 is 0 Å². The van der Waals surface area contributed by atoms with Crippen molar-refractivity contribution in [2.75, 3.05) is 5.43 Å². The summed E-state index contributed by atoms with van der Waals surface area (Å²) in [6.07, 6.45) is 0.850. The minimum atomic E-state index is -0.275. The van der Waals surface area contributed by atoms with Crippen LogP contribution in [-0.4, -0.2) is 16.7 Å². The first kappa shape index (κ1) is 15.2. The van der Waals surface area contributed by atoms with Gasteiger partial charge in [-0.15, -0.1) is 0 Å². The van der Waals surface area contributed by atoms with Gasteiger partial charge in [0, 0.05) is 12.1 Å². The van der Waals surface area contributed by atoms with E-state index in [1.54, 1.807) is 0 Å². The van der Waals surface area contributed by atoms with Gasteiger partial charge in [0.15, 0.2) is 0 Å². The van der Waals surface area contributed by atoms with Crippen molar-refractivity contribution in [3.8, 4) is 0 Å². The van der Waals surface area contributed by atoms with Crippen LogP contribution < -0.4 is 11.3 Å². The molecule has 1 aliphatic heterocycles. The van der Waals surface area contributed by atoms with Gasteiger partial charge in [-0.1, -0.05) is 42.5 Å². The minimum absolute atomic E-state index is 0.0834. The van der Waals surface area contributed by atoms with Gasteiger partial charge in [-0.25, -0.2) is 0 Å². The lowest BCUT2D eigenvalue weighted by atomic mass is 9.98. The highest BCUT2D eigenvalue weighted by Crippen LogP contribution is 2.25. The molecule has 1 fully saturated rings. The third-order valence-corrected chi connectivity index (χ3v) is 4.12. The van der Waals surface area contributed by atoms with Crippen LogP contribution in [0.3, 0.4) is 0 Å². The Morgan fingerprint density at radius 2 is 1.70 bits per heavy atom. The van der Waals surface area contributed by atoms with Crippen LogP contribution in [0.1, 0.15) is 17.5 Å². The number of imide groups is 1. The molecule has 5 heteroatoms. The Hall–Kier alpha value is -2.66. The molecule has 5 nitrogen and oxygen atoms in total. The fourth-order valence-electron chi connectivity index (χ4n) is 2.86. The van der Waals surface area contributed by atoms with Gasteiger partial charge in [-0.3, -0.25) is 20.3 Å². The molecule has 0 bridgehead atoms. The number of nitrogens with two attached hydrogens (primary N) is 1. The Morgan fingerprint density at radius 3 is 2.35 bits per heavy atom. The first-order chi connectivity index (χ1) is 11.2. The molecule has 23 heavy (non-hydrogen) atoms. The Labute approximate surface area is 135 Å². The van der Waals surface area contributed by atoms with Crippen molar-refractivity contribution >= 4 is 17.5 Å². The van der Waals surface area contributed by atoms with Crippen molar-refractivity contribution in [1.82, 2.24) is 4.90 Å². The number of carbonyl (C=O) groups excluding carboxylic acids is 2. The van der Waals surface area contributed by atoms with E-state index in [-0.39, 0.29) is 24.2 Å². The minimum Gasteiger partial charge on any atom is -0.324 e. The average molecular weight is 309 g/mol. The topological polar surface area (TPSA) is 75.4 Å². The SMILES string of the molecule is NNc1ccc(CC2CC(=O)N(Cc3ccccc3)C2=O)cc1. The van der Waals surface area contributed by atoms with Gasteiger partial charge in [-0.2, -0.15) is 0 Å². The highest BCUT2D eigenvalue weighted by atomic mass is 16.2. The van der Waals surface area contributed by atoms with E-state index < -0.39 is 0 Å². The monoisotopic (exact) mass is 309 g/mol. The van der Waals surface area contributed by atoms with E-state index in [0.717, 1.165) is 16.8 Å². The van der Waals surface area contributed by atoms with Gasteiger partial charge < -0.3 is 5.43 Å². The summed E-state index contributed by atoms with van der Waals surface area (Å²) in [6, 6.07) is 17.1. The molecule has 2 aromatic rings. The summed E-state index contributed by atoms with van der Waals surface area (Å²) < 4.78 is 0. The lowest BCUT2D eigenvalue weighted by Gasteiger charge is -2.15. The molecular formula is C18H19N3O2. The Kier molecular flexibility index (Phi) is 4.39. The van der Waals surface area contributed by atoms with Crippen molar-refractivity contribution in [2.45, 2.75) is 19.4 Å². The largest absolute Gasteiger partial charge is 0.324 e. The molecule has 0 aromatic heterocycles. The third-order valence-electron chi connectivity index (χ3n) is 4.12. The van der Waals surface area contributed by atoms with Crippen LogP contribution in [0.5, 0.6) is 0 Å². The van der Waals surface area contributed by atoms with Gasteiger partial charge in [0.1, 0.15) is 0 Å². The second-order valence-electron chi connectivity index (χ2n) is 5.75. The first-order valence-corrected chi connectivity index (χ1v) is 7.61. The Bertz CT molecular complexity index is 698. The second kappa shape index (κ2) is 6.62. The molecular weight excluding hydrogens is 290 g/mol. The van der Waals surface area contributed by atoms with Gasteiger partial charge in [-0.05, 0) is 29.7 Å². The molecule has 118 valence electrons. The number of amides is 2. The number of nitrogens with zero attached hydrogens (tertiary/aromatic N) is 1. The molecule has 0 aliphatic carbocycles. The van der Waals surface area contributed by atoms with E-state index in [4.69, 9.17) is 5.84 Å². The summed E-state index contributed by atoms with van der Waals surface area (Å²) in [5.41, 5.74) is 5.37. The number of nitrogen functional groups attached to an aromatic ring is 1. The van der Waals surface area contributed by atoms with Gasteiger partial charge in [0.05, 0.1) is 12.5 Å². The first-order valence-electron chi connectivity index (χ1n) is 7.61. The third kappa shape index (κ3) is 3.40. The summed E-state index contributed by atoms with van der Waals surface area (Å²) in [5, 5.41) is 0. The summed E-state index contributed by atoms with van der Waals surface area (Å²) in [6.45, 7) is 0.352. The van der Waals surface area contributed by atoms with Crippen LogP contribution in [0.15, 0.2) is 54.6 Å². The van der Waals surface area contributed by atoms with E-state index in [2.05, 4.69) is 5.43 Å². The van der Waals surface area contributed by atoms with Crippen LogP contribution in [0.4, 0.5) is 5.69 Å². The quantitative estimate of drug-likeness (QED) is 0.504. The molecule has 1 aliphatic rings. The highest BCUT2D eigenvalue weighted by Gasteiger charge is 2.38. The molecule has 0 radical (unpaired) electrons. The van der Waals surface area contributed by atoms with Gasteiger partial charge in [0.2, 0.25) is 11.8 Å². The summed E-state index contributed by atoms with van der Waals surface area (Å²) in [4.78, 5) is 26.1. The molecule has 3 rings (SSSR count). The zero-order chi connectivity index (χ0) is 16.2. The number of hydrogen-bond donors (Lipinski definition) is 2. The zero-order valence-electron chi connectivity index (χ0n) is 12.7. The summed E-state index contributed by atoms with van der Waals surface area (Å²) in [7, 11) is 0. The fraction of sp³-hybridized carbons (Fsp3) is 0.222. The molecule has 0 spiro atoms. The maximum Gasteiger partial charge on any atom is 0.233 e. The standard InChI is InChI=1S/C18H19N3O2/c19-20-16-8-6-13(7-9-16)10-15-11-17(22)21(18(15)23)12-14-4-2-1-3-5-14/h1-9,15,20H,10-12,19H2. The average Bonchev–Trinajstić information content (AvgIpc) is 2.84. The number of rotatable bonds is 5. The molecule has 2 amide bonds. The lowest BCUT2D eigenvalue weighted by molar-refractivity contribution is -0.140. The molecule has 2 aromatic carbocycles. The van der Waals surface area contributed by atoms with Crippen molar-refractivity contribution in [1.29, 1.82) is 0 Å². The van der Waals surface area contributed by atoms with Gasteiger partial charge in [0.25, 0.3) is 0 Å². The van der Waals surface area contributed by atoms with E-state index in [1.165, 1.54) is 4.90 Å². The van der Waals surface area contributed by atoms with Crippen molar-refractivity contribution in [3.63, 3.8) is 0 Å². The number of hydrogen-bond acceptors (Lipinski definition) is 4. The predicted octanol–water partition coefficient (Wildman–Crippen LogP) is 2.09. The van der Waals surface area contributed by atoms with E-state index in [0.29, 0.717) is 13.0 Å². The molecule has 1 heterocycles. The summed E-state index contributed by atoms with van der Waals surface area (Å²) >= 11 is 0. The van der Waals surface area contributed by atoms with Crippen LogP contribution in [-0.2, 0) is 22.6 Å². The number of carbonyl (C=O) groups is 2. The predicted molar refractivity (Wildman–Crippen MR) is 88.1 cm³/mol. The van der Waals surface area contributed by atoms with Crippen LogP contribution in [0, 0.1) is 5.92 Å². The van der Waals surface area contributed by atoms with Crippen LogP contribution in [0.25, 0.3) is 0 Å². The number of likely N-dealkylation sites (tertiary alicyclic amines) is 1. The maximum absolute atomic E-state index is 12.5. The number of benzene rings is 2. The van der Waals surface area contributed by atoms with Crippen molar-refractivity contribution in [2.24, 2.45) is 11.8 Å². The number of nitrogens with one attached hydrogen (secondary N) is 1. The molecule has 1 unspecified atom stereocenters. The zero-order valence-corrected chi connectivity index (χ0v) is 12.7. The lowest BCUT2D eigenvalue weighted by Crippen LogP contribution is -2.30. The van der Waals surface area contributed by atoms with Crippen LogP contribution >= 0.6 is 0 Å². The normalized spacial score (nSPS) is 17.6. The van der Waals surface area contributed by atoms with Crippen LogP contribution in [0.2, 0.25) is 0 Å². The molecule has 1 saturated heterocycles. The highest BCUT2D eigenvalue weighted by molar-refractivity contribution is 6.03. The number of hydrazine groups is 1. The summed E-state index contributed by atoms with van der Waals surface area (Å²) in [5.74, 6) is 4.89. The number of anilines is 1. The van der Waals surface area contributed by atoms with E-state index >= 15 is 0 Å². The van der Waals surface area contributed by atoms with Crippen molar-refractivity contribution in [3.05, 3.63) is 65.7 Å².